The fraction of sp³-hybridized carbons (Fsp3) is 0.393. The number of aromatic amines is 1. The molecule has 0 aliphatic carbocycles. The van der Waals surface area contributed by atoms with E-state index in [9.17, 15) is 15.1 Å². The van der Waals surface area contributed by atoms with Crippen molar-refractivity contribution in [3.05, 3.63) is 76.0 Å². The number of aromatic nitrogens is 6. The van der Waals surface area contributed by atoms with Crippen molar-refractivity contribution in [1.29, 1.82) is 0 Å². The summed E-state index contributed by atoms with van der Waals surface area (Å²) in [5, 5.41) is 40.8. The summed E-state index contributed by atoms with van der Waals surface area (Å²) in [5.74, 6) is 0.403. The Kier molecular flexibility index (Phi) is 9.79. The molecule has 5 rings (SSSR count). The number of ether oxygens (including phenoxy) is 1. The van der Waals surface area contributed by atoms with Crippen LogP contribution in [0.2, 0.25) is 5.15 Å². The summed E-state index contributed by atoms with van der Waals surface area (Å²) in [6.07, 6.45) is 3.86. The minimum absolute atomic E-state index is 0.0204. The molecule has 226 valence electrons. The molecule has 3 heterocycles. The van der Waals surface area contributed by atoms with Crippen LogP contribution in [-0.2, 0) is 22.5 Å². The number of benzene rings is 2. The van der Waals surface area contributed by atoms with Gasteiger partial charge in [-0.1, -0.05) is 73.5 Å². The molecule has 43 heavy (non-hydrogen) atoms. The highest BCUT2D eigenvalue weighted by Gasteiger charge is 2.30. The number of tetrazole rings is 1. The number of esters is 1. The number of aryl methyl sites for hydroxylation is 1. The average Bonchev–Trinajstić information content (AvgIpc) is 3.79. The second-order valence-electron chi connectivity index (χ2n) is 9.99. The van der Waals surface area contributed by atoms with Gasteiger partial charge in [0.25, 0.3) is 6.79 Å². The van der Waals surface area contributed by atoms with Crippen molar-refractivity contribution >= 4 is 17.6 Å². The Hall–Kier alpha value is -4.56. The SMILES string of the molecule is CCCCc1nc(Cl)c(C(=O)OCO/N=[N+](/[O-])N2CCC[C@H]2CO)n1Cc1ccc(-c2ccccc2-c2nn[nH]n2)cc1. The van der Waals surface area contributed by atoms with Gasteiger partial charge in [0.2, 0.25) is 11.1 Å². The van der Waals surface area contributed by atoms with Crippen molar-refractivity contribution in [3.63, 3.8) is 0 Å². The smallest absolute Gasteiger partial charge is 0.361 e. The van der Waals surface area contributed by atoms with E-state index < -0.39 is 12.8 Å². The summed E-state index contributed by atoms with van der Waals surface area (Å²) in [6, 6.07) is 15.4. The van der Waals surface area contributed by atoms with Gasteiger partial charge in [-0.25, -0.2) is 9.78 Å². The van der Waals surface area contributed by atoms with Crippen LogP contribution in [0.4, 0.5) is 0 Å². The third kappa shape index (κ3) is 6.92. The number of carbonyl (C=O) groups excluding carboxylic acids is 1. The number of H-pyrrole nitrogens is 1. The van der Waals surface area contributed by atoms with E-state index in [0.717, 1.165) is 41.5 Å². The Morgan fingerprint density at radius 1 is 1.23 bits per heavy atom. The lowest BCUT2D eigenvalue weighted by Crippen LogP contribution is -2.37. The fourth-order valence-corrected chi connectivity index (χ4v) is 5.31. The Morgan fingerprint density at radius 2 is 2.02 bits per heavy atom. The van der Waals surface area contributed by atoms with Crippen LogP contribution in [0.15, 0.2) is 53.8 Å². The molecular weight excluding hydrogens is 578 g/mol. The predicted molar refractivity (Wildman–Crippen MR) is 154 cm³/mol. The molecule has 14 nitrogen and oxygen atoms in total. The van der Waals surface area contributed by atoms with Gasteiger partial charge in [-0.15, -0.1) is 15.2 Å². The second-order valence-corrected chi connectivity index (χ2v) is 10.3. The molecule has 1 fully saturated rings. The lowest BCUT2D eigenvalue weighted by Gasteiger charge is -2.17. The quantitative estimate of drug-likeness (QED) is 0.0560. The normalized spacial score (nSPS) is 15.2. The molecule has 0 bridgehead atoms. The zero-order valence-electron chi connectivity index (χ0n) is 23.6. The number of nitrogens with zero attached hydrogens (tertiary/aromatic N) is 8. The maximum absolute atomic E-state index is 13.1. The lowest BCUT2D eigenvalue weighted by atomic mass is 9.98. The highest BCUT2D eigenvalue weighted by Crippen LogP contribution is 2.30. The minimum Gasteiger partial charge on any atom is -0.569 e. The third-order valence-corrected chi connectivity index (χ3v) is 7.48. The van der Waals surface area contributed by atoms with Gasteiger partial charge in [0.1, 0.15) is 11.9 Å². The van der Waals surface area contributed by atoms with Gasteiger partial charge in [0.05, 0.1) is 18.1 Å². The van der Waals surface area contributed by atoms with Gasteiger partial charge < -0.3 is 24.5 Å². The van der Waals surface area contributed by atoms with Crippen molar-refractivity contribution in [3.8, 4) is 22.5 Å². The zero-order chi connectivity index (χ0) is 30.2. The van der Waals surface area contributed by atoms with Gasteiger partial charge in [0, 0.05) is 18.5 Å². The van der Waals surface area contributed by atoms with Crippen molar-refractivity contribution < 1.29 is 24.4 Å². The van der Waals surface area contributed by atoms with Gasteiger partial charge in [-0.05, 0) is 41.2 Å². The standard InChI is InChI=1S/C28H32ClN9O5/c1-2-3-10-24-30-26(29)25(28(40)42-18-43-35-38(41)37-15-6-7-21(37)17-39)36(24)16-19-11-13-20(14-12-19)22-8-4-5-9-23(22)27-31-33-34-32-27/h4-5,8-9,11-14,21,39H,2-3,6-7,10,15-18H2,1H3,(H,31,32,33,34)/b38-35+/t21-/m0/s1. The van der Waals surface area contributed by atoms with E-state index in [4.69, 9.17) is 21.2 Å². The van der Waals surface area contributed by atoms with Crippen LogP contribution >= 0.6 is 11.6 Å². The van der Waals surface area contributed by atoms with E-state index >= 15 is 0 Å². The van der Waals surface area contributed by atoms with Crippen molar-refractivity contribution in [2.75, 3.05) is 19.9 Å². The molecule has 0 radical (unpaired) electrons. The van der Waals surface area contributed by atoms with Crippen LogP contribution in [0.25, 0.3) is 22.5 Å². The number of imidazole rings is 1. The lowest BCUT2D eigenvalue weighted by molar-refractivity contribution is -0.715. The first kappa shape index (κ1) is 29.9. The highest BCUT2D eigenvalue weighted by molar-refractivity contribution is 6.32. The first-order valence-corrected chi connectivity index (χ1v) is 14.4. The molecular formula is C28H32ClN9O5. The number of rotatable bonds is 13. The van der Waals surface area contributed by atoms with Crippen LogP contribution in [0.3, 0.4) is 0 Å². The number of aliphatic hydroxyl groups is 1. The maximum Gasteiger partial charge on any atom is 0.361 e. The largest absolute Gasteiger partial charge is 0.569 e. The topological polar surface area (TPSA) is 170 Å². The van der Waals surface area contributed by atoms with Crippen LogP contribution in [0.5, 0.6) is 0 Å². The van der Waals surface area contributed by atoms with E-state index in [-0.39, 0.29) is 28.5 Å². The summed E-state index contributed by atoms with van der Waals surface area (Å²) >= 11 is 6.44. The Morgan fingerprint density at radius 3 is 2.74 bits per heavy atom. The van der Waals surface area contributed by atoms with Crippen molar-refractivity contribution in [1.82, 2.24) is 35.2 Å². The average molecular weight is 610 g/mol. The number of nitrogens with one attached hydrogen (secondary N) is 1. The van der Waals surface area contributed by atoms with Gasteiger partial charge in [-0.3, -0.25) is 0 Å². The molecule has 15 heteroatoms. The maximum atomic E-state index is 13.1. The monoisotopic (exact) mass is 609 g/mol. The van der Waals surface area contributed by atoms with E-state index in [1.54, 1.807) is 4.57 Å². The molecule has 0 amide bonds. The van der Waals surface area contributed by atoms with Crippen LogP contribution in [0, 0.1) is 5.21 Å². The van der Waals surface area contributed by atoms with Gasteiger partial charge >= 0.3 is 5.97 Å². The van der Waals surface area contributed by atoms with Crippen molar-refractivity contribution in [2.45, 2.75) is 51.6 Å². The number of unbranched alkanes of at least 4 members (excludes halogenated alkanes) is 1. The first-order chi connectivity index (χ1) is 21.0. The molecule has 1 aliphatic heterocycles. The third-order valence-electron chi connectivity index (χ3n) is 7.22. The molecule has 0 unspecified atom stereocenters. The number of halogens is 1. The van der Waals surface area contributed by atoms with E-state index in [1.165, 1.54) is 5.01 Å². The number of carbonyl (C=O) groups is 1. The fourth-order valence-electron chi connectivity index (χ4n) is 5.03. The van der Waals surface area contributed by atoms with Crippen LogP contribution in [0.1, 0.15) is 54.5 Å². The molecule has 0 saturated carbocycles. The number of aliphatic hydroxyl groups excluding tert-OH is 1. The molecule has 1 aliphatic rings. The minimum atomic E-state index is -0.757. The summed E-state index contributed by atoms with van der Waals surface area (Å²) in [7, 11) is 0. The molecule has 2 N–H and O–H groups in total. The molecule has 1 saturated heterocycles. The number of hydrogen-bond acceptors (Lipinski definition) is 10. The number of hydrazine groups is 1. The van der Waals surface area contributed by atoms with Crippen molar-refractivity contribution in [2.24, 2.45) is 5.28 Å². The predicted octanol–water partition coefficient (Wildman–Crippen LogP) is 4.15. The highest BCUT2D eigenvalue weighted by atomic mass is 35.5. The van der Waals surface area contributed by atoms with E-state index in [0.29, 0.717) is 37.6 Å². The summed E-state index contributed by atoms with van der Waals surface area (Å²) in [4.78, 5) is 22.8. The van der Waals surface area contributed by atoms with E-state index in [1.807, 2.05) is 48.5 Å². The second kappa shape index (κ2) is 14.1. The molecule has 0 spiro atoms. The Balaban J connectivity index is 1.31. The number of hydrogen-bond donors (Lipinski definition) is 2. The molecule has 2 aromatic heterocycles. The van der Waals surface area contributed by atoms with Crippen LogP contribution in [-0.4, -0.2) is 77.2 Å². The molecule has 4 aromatic rings. The molecule has 1 atom stereocenters. The summed E-state index contributed by atoms with van der Waals surface area (Å²) in [5.41, 5.74) is 3.76. The molecule has 2 aromatic carbocycles. The zero-order valence-corrected chi connectivity index (χ0v) is 24.4. The van der Waals surface area contributed by atoms with E-state index in [2.05, 4.69) is 37.8 Å². The first-order valence-electron chi connectivity index (χ1n) is 14.0. The summed E-state index contributed by atoms with van der Waals surface area (Å²) < 4.78 is 6.99. The van der Waals surface area contributed by atoms with Gasteiger partial charge in [0.15, 0.2) is 10.8 Å². The Labute approximate surface area is 252 Å². The Bertz CT molecular complexity index is 1540. The summed E-state index contributed by atoms with van der Waals surface area (Å²) in [6.45, 7) is 2.08. The van der Waals surface area contributed by atoms with Gasteiger partial charge in [-0.2, -0.15) is 5.21 Å². The van der Waals surface area contributed by atoms with Crippen LogP contribution < -0.4 is 0 Å².